The fraction of sp³-hybridized carbons (Fsp3) is 0.240. The highest BCUT2D eigenvalue weighted by atomic mass is 35.5. The first-order chi connectivity index (χ1) is 16.0. The fourth-order valence-corrected chi connectivity index (χ4v) is 3.28. The van der Waals surface area contributed by atoms with Crippen LogP contribution in [-0.2, 0) is 13.2 Å². The van der Waals surface area contributed by atoms with Gasteiger partial charge in [0.25, 0.3) is 5.91 Å². The van der Waals surface area contributed by atoms with Gasteiger partial charge in [0.2, 0.25) is 0 Å². The maximum atomic E-state index is 12.4. The van der Waals surface area contributed by atoms with E-state index < -0.39 is 5.91 Å². The molecule has 0 unspecified atom stereocenters. The minimum absolute atomic E-state index is 0.118. The third-order valence-corrected chi connectivity index (χ3v) is 5.17. The van der Waals surface area contributed by atoms with Crippen LogP contribution in [0.5, 0.6) is 23.0 Å². The number of carbonyl (C=O) groups excluding carboxylic acids is 1. The number of hydrogen-bond donors (Lipinski definition) is 2. The van der Waals surface area contributed by atoms with Gasteiger partial charge < -0.3 is 29.4 Å². The van der Waals surface area contributed by atoms with E-state index in [0.29, 0.717) is 5.75 Å². The van der Waals surface area contributed by atoms with Gasteiger partial charge in [0, 0.05) is 6.54 Å². The lowest BCUT2D eigenvalue weighted by atomic mass is 10.1. The van der Waals surface area contributed by atoms with Crippen LogP contribution in [0.2, 0.25) is 5.02 Å². The van der Waals surface area contributed by atoms with E-state index in [0.717, 1.165) is 22.6 Å². The van der Waals surface area contributed by atoms with Crippen LogP contribution in [0.15, 0.2) is 60.7 Å². The van der Waals surface area contributed by atoms with Gasteiger partial charge in [0.15, 0.2) is 11.5 Å². The summed E-state index contributed by atoms with van der Waals surface area (Å²) in [5, 5.41) is 11.7. The van der Waals surface area contributed by atoms with Gasteiger partial charge in [-0.05, 0) is 47.5 Å². The highest BCUT2D eigenvalue weighted by Crippen LogP contribution is 2.39. The molecule has 2 N–H and O–H groups in total. The summed E-state index contributed by atoms with van der Waals surface area (Å²) in [4.78, 5) is 12.4. The predicted octanol–water partition coefficient (Wildman–Crippen LogP) is 4.24. The number of ether oxygens (including phenoxy) is 4. The Kier molecular flexibility index (Phi) is 8.80. The second-order valence-corrected chi connectivity index (χ2v) is 7.39. The van der Waals surface area contributed by atoms with Crippen molar-refractivity contribution in [2.45, 2.75) is 13.2 Å². The van der Waals surface area contributed by atoms with Crippen molar-refractivity contribution in [3.8, 4) is 23.0 Å². The molecule has 7 nitrogen and oxygen atoms in total. The maximum absolute atomic E-state index is 12.4. The fourth-order valence-electron chi connectivity index (χ4n) is 2.99. The SMILES string of the molecule is COc1ccc(COc2ccc(C(=O)NCCO)c(Cl)c2OCc2ccc(OC)cc2)cc1. The highest BCUT2D eigenvalue weighted by molar-refractivity contribution is 6.35. The second-order valence-electron chi connectivity index (χ2n) is 7.01. The van der Waals surface area contributed by atoms with Crippen LogP contribution in [-0.4, -0.2) is 38.4 Å². The Bertz CT molecular complexity index is 1050. The summed E-state index contributed by atoms with van der Waals surface area (Å²) in [6.07, 6.45) is 0. The van der Waals surface area contributed by atoms with Crippen LogP contribution in [0.4, 0.5) is 0 Å². The summed E-state index contributed by atoms with van der Waals surface area (Å²) in [7, 11) is 3.21. The van der Waals surface area contributed by atoms with Crippen molar-refractivity contribution in [1.82, 2.24) is 5.32 Å². The molecule has 0 aromatic heterocycles. The van der Waals surface area contributed by atoms with E-state index in [4.69, 9.17) is 35.7 Å². The number of carbonyl (C=O) groups is 1. The van der Waals surface area contributed by atoms with Crippen LogP contribution in [0.25, 0.3) is 0 Å². The molecule has 3 rings (SSSR count). The van der Waals surface area contributed by atoms with Crippen molar-refractivity contribution < 1.29 is 28.8 Å². The molecule has 0 fully saturated rings. The summed E-state index contributed by atoms with van der Waals surface area (Å²) in [6, 6.07) is 18.1. The molecule has 0 saturated heterocycles. The zero-order chi connectivity index (χ0) is 23.6. The molecule has 33 heavy (non-hydrogen) atoms. The molecule has 0 spiro atoms. The van der Waals surface area contributed by atoms with Crippen molar-refractivity contribution >= 4 is 17.5 Å². The van der Waals surface area contributed by atoms with E-state index in [1.165, 1.54) is 0 Å². The Hall–Kier alpha value is -3.42. The number of amides is 1. The lowest BCUT2D eigenvalue weighted by molar-refractivity contribution is 0.0944. The third-order valence-electron chi connectivity index (χ3n) is 4.80. The van der Waals surface area contributed by atoms with E-state index in [1.54, 1.807) is 26.4 Å². The van der Waals surface area contributed by atoms with Gasteiger partial charge in [-0.3, -0.25) is 4.79 Å². The highest BCUT2D eigenvalue weighted by Gasteiger charge is 2.19. The minimum Gasteiger partial charge on any atom is -0.497 e. The minimum atomic E-state index is -0.412. The van der Waals surface area contributed by atoms with Crippen molar-refractivity contribution in [1.29, 1.82) is 0 Å². The Morgan fingerprint density at radius 2 is 1.39 bits per heavy atom. The largest absolute Gasteiger partial charge is 0.497 e. The van der Waals surface area contributed by atoms with Gasteiger partial charge in [0.05, 0.1) is 31.4 Å². The zero-order valence-electron chi connectivity index (χ0n) is 18.5. The lowest BCUT2D eigenvalue weighted by Crippen LogP contribution is -2.26. The van der Waals surface area contributed by atoms with Gasteiger partial charge >= 0.3 is 0 Å². The third kappa shape index (κ3) is 6.54. The molecule has 3 aromatic carbocycles. The van der Waals surface area contributed by atoms with Crippen LogP contribution in [0, 0.1) is 0 Å². The second kappa shape index (κ2) is 12.0. The van der Waals surface area contributed by atoms with Gasteiger partial charge in [-0.1, -0.05) is 35.9 Å². The van der Waals surface area contributed by atoms with Crippen LogP contribution in [0.1, 0.15) is 21.5 Å². The number of halogens is 1. The molecule has 0 atom stereocenters. The molecule has 0 aliphatic rings. The van der Waals surface area contributed by atoms with Crippen LogP contribution < -0.4 is 24.3 Å². The first kappa shape index (κ1) is 24.2. The van der Waals surface area contributed by atoms with Crippen molar-refractivity contribution in [3.63, 3.8) is 0 Å². The number of aliphatic hydroxyl groups is 1. The van der Waals surface area contributed by atoms with Gasteiger partial charge in [0.1, 0.15) is 24.7 Å². The van der Waals surface area contributed by atoms with E-state index >= 15 is 0 Å². The Morgan fingerprint density at radius 1 is 0.848 bits per heavy atom. The number of rotatable bonds is 11. The molecule has 0 saturated carbocycles. The summed E-state index contributed by atoms with van der Waals surface area (Å²) in [5.74, 6) is 1.75. The van der Waals surface area contributed by atoms with Gasteiger partial charge in [-0.2, -0.15) is 0 Å². The zero-order valence-corrected chi connectivity index (χ0v) is 19.2. The first-order valence-corrected chi connectivity index (χ1v) is 10.7. The normalized spacial score (nSPS) is 10.4. The van der Waals surface area contributed by atoms with Crippen LogP contribution >= 0.6 is 11.6 Å². The first-order valence-electron chi connectivity index (χ1n) is 10.3. The standard InChI is InChI=1S/C25H26ClNO6/c1-30-19-7-3-17(4-8-19)15-32-22-12-11-21(25(29)27-13-14-28)23(26)24(22)33-16-18-5-9-20(31-2)10-6-18/h3-12,28H,13-16H2,1-2H3,(H,27,29). The Morgan fingerprint density at radius 3 is 1.91 bits per heavy atom. The number of hydrogen-bond acceptors (Lipinski definition) is 6. The van der Waals surface area contributed by atoms with Gasteiger partial charge in [-0.25, -0.2) is 0 Å². The average molecular weight is 472 g/mol. The molecule has 1 amide bonds. The average Bonchev–Trinajstić information content (AvgIpc) is 2.86. The monoisotopic (exact) mass is 471 g/mol. The number of methoxy groups -OCH3 is 2. The Labute approximate surface area is 197 Å². The molecule has 0 heterocycles. The summed E-state index contributed by atoms with van der Waals surface area (Å²) in [6.45, 7) is 0.430. The van der Waals surface area contributed by atoms with Crippen molar-refractivity contribution in [2.24, 2.45) is 0 Å². The maximum Gasteiger partial charge on any atom is 0.253 e. The molecular formula is C25H26ClNO6. The number of benzene rings is 3. The molecule has 8 heteroatoms. The molecule has 0 bridgehead atoms. The predicted molar refractivity (Wildman–Crippen MR) is 126 cm³/mol. The van der Waals surface area contributed by atoms with Crippen molar-refractivity contribution in [2.75, 3.05) is 27.4 Å². The quantitative estimate of drug-likeness (QED) is 0.435. The van der Waals surface area contributed by atoms with Crippen LogP contribution in [0.3, 0.4) is 0 Å². The molecule has 174 valence electrons. The smallest absolute Gasteiger partial charge is 0.253 e. The van der Waals surface area contributed by atoms with E-state index in [1.807, 2.05) is 48.5 Å². The summed E-state index contributed by atoms with van der Waals surface area (Å²) in [5.41, 5.74) is 2.05. The van der Waals surface area contributed by atoms with E-state index in [9.17, 15) is 4.79 Å². The molecule has 0 aliphatic heterocycles. The molecule has 3 aromatic rings. The number of aliphatic hydroxyl groups excluding tert-OH is 1. The molecular weight excluding hydrogens is 446 g/mol. The topological polar surface area (TPSA) is 86.3 Å². The van der Waals surface area contributed by atoms with E-state index in [-0.39, 0.29) is 42.7 Å². The molecule has 0 aliphatic carbocycles. The van der Waals surface area contributed by atoms with E-state index in [2.05, 4.69) is 5.32 Å². The Balaban J connectivity index is 1.82. The number of nitrogens with one attached hydrogen (secondary N) is 1. The lowest BCUT2D eigenvalue weighted by Gasteiger charge is -2.17. The molecule has 0 radical (unpaired) electrons. The summed E-state index contributed by atoms with van der Waals surface area (Å²) >= 11 is 6.56. The van der Waals surface area contributed by atoms with Crippen molar-refractivity contribution in [3.05, 3.63) is 82.4 Å². The van der Waals surface area contributed by atoms with Gasteiger partial charge in [-0.15, -0.1) is 0 Å². The summed E-state index contributed by atoms with van der Waals surface area (Å²) < 4.78 is 22.3.